The second kappa shape index (κ2) is 5.56. The molecule has 0 saturated carbocycles. The van der Waals surface area contributed by atoms with Crippen LogP contribution in [-0.4, -0.2) is 18.0 Å². The number of aliphatic hydroxyl groups is 1. The summed E-state index contributed by atoms with van der Waals surface area (Å²) in [4.78, 5) is 0. The van der Waals surface area contributed by atoms with Crippen molar-refractivity contribution in [3.63, 3.8) is 0 Å². The van der Waals surface area contributed by atoms with Crippen molar-refractivity contribution in [3.05, 3.63) is 0 Å². The van der Waals surface area contributed by atoms with Gasteiger partial charge in [0.25, 0.3) is 0 Å². The quantitative estimate of drug-likeness (QED) is 0.604. The van der Waals surface area contributed by atoms with Crippen LogP contribution in [0.25, 0.3) is 0 Å². The van der Waals surface area contributed by atoms with Crippen molar-refractivity contribution >= 4 is 0 Å². The maximum atomic E-state index is 9.73. The van der Waals surface area contributed by atoms with Crippen molar-refractivity contribution in [3.8, 4) is 0 Å². The van der Waals surface area contributed by atoms with Crippen molar-refractivity contribution in [2.24, 2.45) is 0 Å². The first kappa shape index (κ1) is 10.9. The van der Waals surface area contributed by atoms with Gasteiger partial charge >= 0.3 is 0 Å². The highest BCUT2D eigenvalue weighted by molar-refractivity contribution is 4.65. The van der Waals surface area contributed by atoms with Crippen LogP contribution in [0.2, 0.25) is 0 Å². The van der Waals surface area contributed by atoms with Gasteiger partial charge < -0.3 is 9.84 Å². The van der Waals surface area contributed by atoms with Crippen LogP contribution in [0.1, 0.15) is 46.0 Å². The maximum Gasteiger partial charge on any atom is 0.165 e. The molecule has 1 unspecified atom stereocenters. The predicted octanol–water partition coefficient (Wildman–Crippen LogP) is 2.31. The van der Waals surface area contributed by atoms with Gasteiger partial charge in [-0.15, -0.1) is 0 Å². The van der Waals surface area contributed by atoms with Crippen LogP contribution < -0.4 is 0 Å². The fourth-order valence-electron chi connectivity index (χ4n) is 1.17. The lowest BCUT2D eigenvalue weighted by molar-refractivity contribution is -0.194. The van der Waals surface area contributed by atoms with Crippen LogP contribution >= 0.6 is 0 Å². The van der Waals surface area contributed by atoms with Crippen LogP contribution in [0.15, 0.2) is 0 Å². The van der Waals surface area contributed by atoms with Crippen molar-refractivity contribution < 1.29 is 9.84 Å². The van der Waals surface area contributed by atoms with Gasteiger partial charge in [0, 0.05) is 20.0 Å². The monoisotopic (exact) mass is 160 g/mol. The molecule has 0 spiro atoms. The normalized spacial score (nSPS) is 16.4. The van der Waals surface area contributed by atoms with Crippen molar-refractivity contribution in [1.82, 2.24) is 0 Å². The summed E-state index contributed by atoms with van der Waals surface area (Å²) in [7, 11) is 1.57. The highest BCUT2D eigenvalue weighted by atomic mass is 16.6. The van der Waals surface area contributed by atoms with Crippen LogP contribution in [-0.2, 0) is 4.74 Å². The molecule has 2 nitrogen and oxygen atoms in total. The topological polar surface area (TPSA) is 29.5 Å². The first-order chi connectivity index (χ1) is 5.18. The molecular formula is C9H20O2. The van der Waals surface area contributed by atoms with E-state index in [1.54, 1.807) is 7.11 Å². The van der Waals surface area contributed by atoms with Gasteiger partial charge in [-0.1, -0.05) is 26.7 Å². The van der Waals surface area contributed by atoms with E-state index >= 15 is 0 Å². The fraction of sp³-hybridized carbons (Fsp3) is 1.00. The van der Waals surface area contributed by atoms with Gasteiger partial charge in [0.15, 0.2) is 5.79 Å². The minimum absolute atomic E-state index is 0.740. The van der Waals surface area contributed by atoms with Gasteiger partial charge in [-0.2, -0.15) is 0 Å². The zero-order chi connectivity index (χ0) is 8.74. The standard InChI is InChI=1S/C9H20O2/c1-4-6-8-9(10,11-3)7-5-2/h10H,4-8H2,1-3H3. The van der Waals surface area contributed by atoms with Gasteiger partial charge in [0.1, 0.15) is 0 Å². The molecule has 0 fully saturated rings. The van der Waals surface area contributed by atoms with Crippen LogP contribution in [0.5, 0.6) is 0 Å². The minimum Gasteiger partial charge on any atom is -0.365 e. The van der Waals surface area contributed by atoms with Crippen molar-refractivity contribution in [1.29, 1.82) is 0 Å². The highest BCUT2D eigenvalue weighted by Crippen LogP contribution is 2.20. The zero-order valence-electron chi connectivity index (χ0n) is 7.89. The first-order valence-electron chi connectivity index (χ1n) is 4.46. The summed E-state index contributed by atoms with van der Waals surface area (Å²) >= 11 is 0. The molecule has 0 heterocycles. The molecule has 0 radical (unpaired) electrons. The Bertz CT molecular complexity index is 93.6. The lowest BCUT2D eigenvalue weighted by atomic mass is 10.0. The molecule has 0 bridgehead atoms. The summed E-state index contributed by atoms with van der Waals surface area (Å²) in [6, 6.07) is 0. The van der Waals surface area contributed by atoms with Gasteiger partial charge in [-0.05, 0) is 6.42 Å². The largest absolute Gasteiger partial charge is 0.365 e. The number of methoxy groups -OCH3 is 1. The van der Waals surface area contributed by atoms with E-state index in [-0.39, 0.29) is 0 Å². The minimum atomic E-state index is -0.856. The molecule has 68 valence electrons. The third-order valence-corrected chi connectivity index (χ3v) is 1.94. The first-order valence-corrected chi connectivity index (χ1v) is 4.46. The van der Waals surface area contributed by atoms with Crippen LogP contribution in [0.3, 0.4) is 0 Å². The van der Waals surface area contributed by atoms with Gasteiger partial charge in [0.05, 0.1) is 0 Å². The van der Waals surface area contributed by atoms with E-state index in [2.05, 4.69) is 13.8 Å². The van der Waals surface area contributed by atoms with E-state index in [9.17, 15) is 5.11 Å². The molecule has 0 amide bonds. The van der Waals surface area contributed by atoms with E-state index < -0.39 is 5.79 Å². The molecule has 0 aliphatic rings. The molecule has 0 aliphatic carbocycles. The average molecular weight is 160 g/mol. The molecule has 0 aromatic heterocycles. The van der Waals surface area contributed by atoms with Gasteiger partial charge in [-0.25, -0.2) is 0 Å². The third kappa shape index (κ3) is 4.38. The lowest BCUT2D eigenvalue weighted by Crippen LogP contribution is -2.30. The molecule has 0 aromatic rings. The van der Waals surface area contributed by atoms with Crippen molar-refractivity contribution in [2.45, 2.75) is 51.7 Å². The summed E-state index contributed by atoms with van der Waals surface area (Å²) in [5, 5.41) is 9.73. The average Bonchev–Trinajstić information content (AvgIpc) is 2.02. The van der Waals surface area contributed by atoms with Crippen LogP contribution in [0, 0.1) is 0 Å². The maximum absolute atomic E-state index is 9.73. The highest BCUT2D eigenvalue weighted by Gasteiger charge is 2.23. The van der Waals surface area contributed by atoms with E-state index in [0.29, 0.717) is 0 Å². The molecule has 0 saturated heterocycles. The Hall–Kier alpha value is -0.0800. The third-order valence-electron chi connectivity index (χ3n) is 1.94. The Balaban J connectivity index is 3.68. The van der Waals surface area contributed by atoms with Gasteiger partial charge in [0.2, 0.25) is 0 Å². The molecule has 1 atom stereocenters. The summed E-state index contributed by atoms with van der Waals surface area (Å²) in [5.74, 6) is -0.856. The molecule has 0 rings (SSSR count). The number of hydrogen-bond donors (Lipinski definition) is 1. The molecule has 0 aliphatic heterocycles. The SMILES string of the molecule is CCCCC(O)(CCC)OC. The Labute approximate surface area is 69.6 Å². The molecular weight excluding hydrogens is 140 g/mol. The Morgan fingerprint density at radius 3 is 2.18 bits per heavy atom. The zero-order valence-corrected chi connectivity index (χ0v) is 7.89. The lowest BCUT2D eigenvalue weighted by Gasteiger charge is -2.25. The second-order valence-electron chi connectivity index (χ2n) is 3.00. The summed E-state index contributed by atoms with van der Waals surface area (Å²) < 4.78 is 5.04. The Morgan fingerprint density at radius 1 is 1.18 bits per heavy atom. The van der Waals surface area contributed by atoms with Crippen molar-refractivity contribution in [2.75, 3.05) is 7.11 Å². The predicted molar refractivity (Wildman–Crippen MR) is 46.4 cm³/mol. The van der Waals surface area contributed by atoms with E-state index in [4.69, 9.17) is 4.74 Å². The molecule has 0 aromatic carbocycles. The summed E-state index contributed by atoms with van der Waals surface area (Å²) in [5.41, 5.74) is 0. The van der Waals surface area contributed by atoms with Crippen LogP contribution in [0.4, 0.5) is 0 Å². The van der Waals surface area contributed by atoms with E-state index in [0.717, 1.165) is 32.1 Å². The molecule has 11 heavy (non-hydrogen) atoms. The second-order valence-corrected chi connectivity index (χ2v) is 3.00. The summed E-state index contributed by atoms with van der Waals surface area (Å²) in [6.07, 6.45) is 4.60. The van der Waals surface area contributed by atoms with E-state index in [1.165, 1.54) is 0 Å². The smallest absolute Gasteiger partial charge is 0.165 e. The Morgan fingerprint density at radius 2 is 1.82 bits per heavy atom. The number of hydrogen-bond acceptors (Lipinski definition) is 2. The fourth-order valence-corrected chi connectivity index (χ4v) is 1.17. The Kier molecular flexibility index (Phi) is 5.51. The molecule has 2 heteroatoms. The number of unbranched alkanes of at least 4 members (excludes halogenated alkanes) is 1. The van der Waals surface area contributed by atoms with Gasteiger partial charge in [-0.3, -0.25) is 0 Å². The van der Waals surface area contributed by atoms with E-state index in [1.807, 2.05) is 0 Å². The molecule has 1 N–H and O–H groups in total. The number of ether oxygens (including phenoxy) is 1. The number of rotatable bonds is 6. The summed E-state index contributed by atoms with van der Waals surface area (Å²) in [6.45, 7) is 4.16.